The van der Waals surface area contributed by atoms with Crippen LogP contribution in [-0.2, 0) is 0 Å². The van der Waals surface area contributed by atoms with E-state index in [4.69, 9.17) is 4.42 Å². The molecule has 1 aromatic heterocycles. The highest BCUT2D eigenvalue weighted by atomic mass is 16.3. The lowest BCUT2D eigenvalue weighted by molar-refractivity contribution is 0.616. The van der Waals surface area contributed by atoms with E-state index in [2.05, 4.69) is 205 Å². The van der Waals surface area contributed by atoms with Crippen molar-refractivity contribution in [3.63, 3.8) is 0 Å². The molecule has 254 valence electrons. The topological polar surface area (TPSA) is 16.4 Å². The number of nitrogens with zero attached hydrogens (tertiary/aromatic N) is 1. The third kappa shape index (κ3) is 6.00. The van der Waals surface area contributed by atoms with E-state index in [1.807, 2.05) is 6.07 Å². The fourth-order valence-corrected chi connectivity index (χ4v) is 7.58. The van der Waals surface area contributed by atoms with Crippen LogP contribution >= 0.6 is 0 Å². The van der Waals surface area contributed by atoms with E-state index in [0.717, 1.165) is 33.6 Å². The maximum atomic E-state index is 5.64. The average Bonchev–Trinajstić information content (AvgIpc) is 3.73. The molecule has 0 amide bonds. The maximum Gasteiger partial charge on any atom is 0.134 e. The van der Waals surface area contributed by atoms with Crippen molar-refractivity contribution in [2.75, 3.05) is 4.90 Å². The zero-order chi connectivity index (χ0) is 35.8. The molecule has 0 atom stereocenters. The lowest BCUT2D eigenvalue weighted by atomic mass is 9.99. The van der Waals surface area contributed by atoms with E-state index in [-0.39, 0.29) is 0 Å². The van der Waals surface area contributed by atoms with Crippen molar-refractivity contribution in [2.45, 2.75) is 0 Å². The molecule has 0 radical (unpaired) electrons. The maximum absolute atomic E-state index is 5.64. The Morgan fingerprint density at radius 1 is 0.259 bits per heavy atom. The van der Waals surface area contributed by atoms with Crippen LogP contribution in [0.5, 0.6) is 0 Å². The zero-order valence-corrected chi connectivity index (χ0v) is 29.6. The van der Waals surface area contributed by atoms with Crippen molar-refractivity contribution >= 4 is 49.6 Å². The van der Waals surface area contributed by atoms with Crippen molar-refractivity contribution in [1.82, 2.24) is 0 Å². The number of benzene rings is 9. The van der Waals surface area contributed by atoms with Crippen molar-refractivity contribution < 1.29 is 4.42 Å². The van der Waals surface area contributed by atoms with Gasteiger partial charge in [-0.3, -0.25) is 0 Å². The molecule has 9 aromatic carbocycles. The van der Waals surface area contributed by atoms with Gasteiger partial charge in [0.1, 0.15) is 5.58 Å². The fourth-order valence-electron chi connectivity index (χ4n) is 7.58. The lowest BCUT2D eigenvalue weighted by Gasteiger charge is -2.26. The standard InChI is InChI=1S/C52H35NO/c1-3-7-44-33-46(16-13-36(44)5-1)41-21-27-50(28-22-41)53(51-29-23-42(24-30-51)47-17-14-37-6-2-4-8-45(37)34-47)49-25-19-39(20-26-49)38-9-11-40(12-10-38)48-18-15-43-31-32-54-52(43)35-48/h1-35H. The lowest BCUT2D eigenvalue weighted by Crippen LogP contribution is -2.09. The van der Waals surface area contributed by atoms with E-state index < -0.39 is 0 Å². The molecule has 0 unspecified atom stereocenters. The van der Waals surface area contributed by atoms with E-state index >= 15 is 0 Å². The van der Waals surface area contributed by atoms with Gasteiger partial charge in [-0.05, 0) is 127 Å². The van der Waals surface area contributed by atoms with Gasteiger partial charge in [-0.1, -0.05) is 146 Å². The highest BCUT2D eigenvalue weighted by Gasteiger charge is 2.14. The molecule has 0 saturated carbocycles. The largest absolute Gasteiger partial charge is 0.464 e. The summed E-state index contributed by atoms with van der Waals surface area (Å²) in [6, 6.07) is 74.3. The second kappa shape index (κ2) is 13.4. The van der Waals surface area contributed by atoms with Gasteiger partial charge in [0.2, 0.25) is 0 Å². The van der Waals surface area contributed by atoms with Gasteiger partial charge in [0.25, 0.3) is 0 Å². The van der Waals surface area contributed by atoms with Crippen LogP contribution in [0.3, 0.4) is 0 Å². The normalized spacial score (nSPS) is 11.3. The van der Waals surface area contributed by atoms with E-state index in [0.29, 0.717) is 0 Å². The Labute approximate surface area is 314 Å². The summed E-state index contributed by atoms with van der Waals surface area (Å²) in [5.41, 5.74) is 13.7. The molecule has 0 fully saturated rings. The third-order valence-corrected chi connectivity index (χ3v) is 10.5. The van der Waals surface area contributed by atoms with Gasteiger partial charge in [0.05, 0.1) is 6.26 Å². The van der Waals surface area contributed by atoms with Crippen LogP contribution in [0.1, 0.15) is 0 Å². The summed E-state index contributed by atoms with van der Waals surface area (Å²) in [6.07, 6.45) is 1.74. The van der Waals surface area contributed by atoms with Gasteiger partial charge in [0.15, 0.2) is 0 Å². The second-order valence-electron chi connectivity index (χ2n) is 13.9. The molecular weight excluding hydrogens is 655 g/mol. The Balaban J connectivity index is 0.980. The van der Waals surface area contributed by atoms with E-state index in [9.17, 15) is 0 Å². The summed E-state index contributed by atoms with van der Waals surface area (Å²) in [7, 11) is 0. The van der Waals surface area contributed by atoms with Crippen LogP contribution in [-0.4, -0.2) is 0 Å². The highest BCUT2D eigenvalue weighted by Crippen LogP contribution is 2.38. The summed E-state index contributed by atoms with van der Waals surface area (Å²) in [5.74, 6) is 0. The molecule has 0 aliphatic heterocycles. The van der Waals surface area contributed by atoms with Crippen molar-refractivity contribution in [2.24, 2.45) is 0 Å². The number of furan rings is 1. The van der Waals surface area contributed by atoms with Crippen LogP contribution in [0.25, 0.3) is 77.0 Å². The molecule has 0 aliphatic rings. The van der Waals surface area contributed by atoms with Gasteiger partial charge in [0, 0.05) is 22.4 Å². The SMILES string of the molecule is c1ccc2cc(-c3ccc(N(c4ccc(-c5ccc(-c6ccc7ccoc7c6)cc5)cc4)c4ccc(-c5ccc6ccccc6c5)cc4)cc3)ccc2c1. The first-order chi connectivity index (χ1) is 26.7. The first-order valence-corrected chi connectivity index (χ1v) is 18.4. The predicted molar refractivity (Wildman–Crippen MR) is 228 cm³/mol. The molecule has 54 heavy (non-hydrogen) atoms. The molecule has 0 spiro atoms. The zero-order valence-electron chi connectivity index (χ0n) is 29.6. The van der Waals surface area contributed by atoms with Gasteiger partial charge in [-0.25, -0.2) is 0 Å². The van der Waals surface area contributed by atoms with E-state index in [1.165, 1.54) is 60.5 Å². The fraction of sp³-hybridized carbons (Fsp3) is 0. The third-order valence-electron chi connectivity index (χ3n) is 10.5. The molecule has 1 heterocycles. The first kappa shape index (κ1) is 31.6. The first-order valence-electron chi connectivity index (χ1n) is 18.4. The molecule has 10 aromatic rings. The minimum absolute atomic E-state index is 0.906. The predicted octanol–water partition coefficient (Wildman–Crippen LogP) is 14.9. The molecule has 2 heteroatoms. The van der Waals surface area contributed by atoms with Gasteiger partial charge in [-0.15, -0.1) is 0 Å². The minimum atomic E-state index is 0.906. The number of anilines is 3. The number of hydrogen-bond acceptors (Lipinski definition) is 2. The van der Waals surface area contributed by atoms with Crippen molar-refractivity contribution in [3.05, 3.63) is 213 Å². The molecule has 10 rings (SSSR count). The Morgan fingerprint density at radius 2 is 0.593 bits per heavy atom. The summed E-state index contributed by atoms with van der Waals surface area (Å²) >= 11 is 0. The van der Waals surface area contributed by atoms with Crippen LogP contribution in [0, 0.1) is 0 Å². The number of rotatable bonds is 7. The van der Waals surface area contributed by atoms with Crippen molar-refractivity contribution in [1.29, 1.82) is 0 Å². The molecule has 0 bridgehead atoms. The van der Waals surface area contributed by atoms with Crippen LogP contribution in [0.4, 0.5) is 17.1 Å². The average molecular weight is 690 g/mol. The Bertz CT molecular complexity index is 2780. The summed E-state index contributed by atoms with van der Waals surface area (Å²) < 4.78 is 5.64. The van der Waals surface area contributed by atoms with Crippen molar-refractivity contribution in [3.8, 4) is 44.5 Å². The number of hydrogen-bond donors (Lipinski definition) is 0. The molecule has 2 nitrogen and oxygen atoms in total. The Hall–Kier alpha value is -7.16. The van der Waals surface area contributed by atoms with E-state index in [1.54, 1.807) is 6.26 Å². The molecule has 0 aliphatic carbocycles. The van der Waals surface area contributed by atoms with Gasteiger partial charge < -0.3 is 9.32 Å². The smallest absolute Gasteiger partial charge is 0.134 e. The van der Waals surface area contributed by atoms with Crippen LogP contribution in [0.2, 0.25) is 0 Å². The monoisotopic (exact) mass is 689 g/mol. The summed E-state index contributed by atoms with van der Waals surface area (Å²) in [5, 5.41) is 6.12. The summed E-state index contributed by atoms with van der Waals surface area (Å²) in [6.45, 7) is 0. The minimum Gasteiger partial charge on any atom is -0.464 e. The second-order valence-corrected chi connectivity index (χ2v) is 13.9. The quantitative estimate of drug-likeness (QED) is 0.166. The molecule has 0 N–H and O–H groups in total. The molecular formula is C52H35NO. The Kier molecular flexibility index (Phi) is 7.85. The van der Waals surface area contributed by atoms with Crippen LogP contribution < -0.4 is 4.90 Å². The van der Waals surface area contributed by atoms with Gasteiger partial charge in [-0.2, -0.15) is 0 Å². The number of fused-ring (bicyclic) bond motifs is 3. The Morgan fingerprint density at radius 3 is 1.04 bits per heavy atom. The van der Waals surface area contributed by atoms with Crippen LogP contribution in [0.15, 0.2) is 217 Å². The van der Waals surface area contributed by atoms with Gasteiger partial charge >= 0.3 is 0 Å². The summed E-state index contributed by atoms with van der Waals surface area (Å²) in [4.78, 5) is 2.34. The highest BCUT2D eigenvalue weighted by molar-refractivity contribution is 5.90. The molecule has 0 saturated heterocycles.